The van der Waals surface area contributed by atoms with Crippen molar-refractivity contribution in [2.45, 2.75) is 18.9 Å². The summed E-state index contributed by atoms with van der Waals surface area (Å²) >= 11 is 0. The fourth-order valence-electron chi connectivity index (χ4n) is 3.14. The lowest BCUT2D eigenvalue weighted by molar-refractivity contribution is 0.193. The molecule has 0 spiro atoms. The summed E-state index contributed by atoms with van der Waals surface area (Å²) in [5.74, 6) is 0.975. The van der Waals surface area contributed by atoms with Crippen molar-refractivity contribution in [1.29, 1.82) is 0 Å². The average Bonchev–Trinajstić information content (AvgIpc) is 3.15. The molecule has 4 heteroatoms. The molecule has 0 radical (unpaired) electrons. The molecular weight excluding hydrogens is 262 g/mol. The Morgan fingerprint density at radius 2 is 2.05 bits per heavy atom. The molecule has 114 valence electrons. The minimum atomic E-state index is 0.153. The first-order valence-electron chi connectivity index (χ1n) is 7.89. The lowest BCUT2D eigenvalue weighted by Crippen LogP contribution is -2.36. The summed E-state index contributed by atoms with van der Waals surface area (Å²) in [6.45, 7) is 5.21. The number of nitrogens with zero attached hydrogens (tertiary/aromatic N) is 2. The van der Waals surface area contributed by atoms with Crippen LogP contribution in [0.5, 0.6) is 0 Å². The Bertz CT molecular complexity index is 541. The van der Waals surface area contributed by atoms with Crippen molar-refractivity contribution < 1.29 is 4.42 Å². The number of furan rings is 1. The van der Waals surface area contributed by atoms with E-state index in [4.69, 9.17) is 10.2 Å². The summed E-state index contributed by atoms with van der Waals surface area (Å²) in [6.07, 6.45) is 2.68. The molecule has 1 atom stereocenters. The van der Waals surface area contributed by atoms with Gasteiger partial charge in [0.25, 0.3) is 0 Å². The highest BCUT2D eigenvalue weighted by atomic mass is 16.3. The van der Waals surface area contributed by atoms with Gasteiger partial charge in [0.15, 0.2) is 0 Å². The van der Waals surface area contributed by atoms with Gasteiger partial charge in [-0.1, -0.05) is 18.2 Å². The van der Waals surface area contributed by atoms with Gasteiger partial charge >= 0.3 is 0 Å². The van der Waals surface area contributed by atoms with Crippen LogP contribution in [-0.4, -0.2) is 49.6 Å². The molecule has 21 heavy (non-hydrogen) atoms. The van der Waals surface area contributed by atoms with Gasteiger partial charge in [-0.15, -0.1) is 0 Å². The van der Waals surface area contributed by atoms with Gasteiger partial charge in [-0.3, -0.25) is 4.90 Å². The van der Waals surface area contributed by atoms with E-state index in [9.17, 15) is 0 Å². The first kappa shape index (κ1) is 14.6. The SMILES string of the molecule is CN(CCN1CCCC1)C(CN)c1cc2ccccc2o1. The number of fused-ring (bicyclic) bond motifs is 1. The molecule has 2 aromatic rings. The summed E-state index contributed by atoms with van der Waals surface area (Å²) in [4.78, 5) is 4.85. The number of likely N-dealkylation sites (N-methyl/N-ethyl adjacent to an activating group) is 1. The second-order valence-corrected chi connectivity index (χ2v) is 5.97. The quantitative estimate of drug-likeness (QED) is 0.886. The number of benzene rings is 1. The van der Waals surface area contributed by atoms with Crippen LogP contribution >= 0.6 is 0 Å². The Morgan fingerprint density at radius 1 is 1.29 bits per heavy atom. The Balaban J connectivity index is 1.67. The van der Waals surface area contributed by atoms with Gasteiger partial charge in [0.1, 0.15) is 11.3 Å². The van der Waals surface area contributed by atoms with E-state index < -0.39 is 0 Å². The molecule has 1 aliphatic heterocycles. The molecule has 0 amide bonds. The lowest BCUT2D eigenvalue weighted by Gasteiger charge is -2.27. The lowest BCUT2D eigenvalue weighted by atomic mass is 10.1. The van der Waals surface area contributed by atoms with E-state index in [1.54, 1.807) is 0 Å². The zero-order valence-corrected chi connectivity index (χ0v) is 12.8. The van der Waals surface area contributed by atoms with E-state index in [0.717, 1.165) is 29.8 Å². The van der Waals surface area contributed by atoms with E-state index in [-0.39, 0.29) is 6.04 Å². The first-order chi connectivity index (χ1) is 10.3. The molecule has 1 aromatic heterocycles. The molecule has 0 bridgehead atoms. The van der Waals surface area contributed by atoms with Gasteiger partial charge in [-0.05, 0) is 45.1 Å². The van der Waals surface area contributed by atoms with Crippen molar-refractivity contribution in [2.24, 2.45) is 5.73 Å². The van der Waals surface area contributed by atoms with Gasteiger partial charge in [-0.2, -0.15) is 0 Å². The molecule has 1 aromatic carbocycles. The second-order valence-electron chi connectivity index (χ2n) is 5.97. The maximum Gasteiger partial charge on any atom is 0.134 e. The van der Waals surface area contributed by atoms with Gasteiger partial charge < -0.3 is 15.1 Å². The topological polar surface area (TPSA) is 45.6 Å². The number of likely N-dealkylation sites (tertiary alicyclic amines) is 1. The average molecular weight is 287 g/mol. The molecular formula is C17H25N3O. The fraction of sp³-hybridized carbons (Fsp3) is 0.529. The maximum absolute atomic E-state index is 6.00. The van der Waals surface area contributed by atoms with Crippen molar-refractivity contribution >= 4 is 11.0 Å². The smallest absolute Gasteiger partial charge is 0.134 e. The Labute approximate surface area is 126 Å². The highest BCUT2D eigenvalue weighted by molar-refractivity contribution is 5.77. The predicted molar refractivity (Wildman–Crippen MR) is 86.3 cm³/mol. The van der Waals surface area contributed by atoms with Crippen LogP contribution in [-0.2, 0) is 0 Å². The molecule has 2 heterocycles. The molecule has 1 aliphatic rings. The highest BCUT2D eigenvalue weighted by Crippen LogP contribution is 2.26. The van der Waals surface area contributed by atoms with Gasteiger partial charge in [0, 0.05) is 25.0 Å². The summed E-state index contributed by atoms with van der Waals surface area (Å²) in [6, 6.07) is 10.4. The molecule has 0 saturated carbocycles. The molecule has 3 rings (SSSR count). The van der Waals surface area contributed by atoms with E-state index in [1.165, 1.54) is 25.9 Å². The van der Waals surface area contributed by atoms with Crippen molar-refractivity contribution in [3.05, 3.63) is 36.1 Å². The second kappa shape index (κ2) is 6.60. The predicted octanol–water partition coefficient (Wildman–Crippen LogP) is 2.46. The Morgan fingerprint density at radius 3 is 2.76 bits per heavy atom. The first-order valence-corrected chi connectivity index (χ1v) is 7.89. The monoisotopic (exact) mass is 287 g/mol. The molecule has 1 fully saturated rings. The Hall–Kier alpha value is -1.36. The third-order valence-corrected chi connectivity index (χ3v) is 4.50. The fourth-order valence-corrected chi connectivity index (χ4v) is 3.14. The van der Waals surface area contributed by atoms with Crippen molar-refractivity contribution in [1.82, 2.24) is 9.80 Å². The number of hydrogen-bond donors (Lipinski definition) is 1. The van der Waals surface area contributed by atoms with Crippen LogP contribution < -0.4 is 5.73 Å². The molecule has 2 N–H and O–H groups in total. The third-order valence-electron chi connectivity index (χ3n) is 4.50. The van der Waals surface area contributed by atoms with Gasteiger partial charge in [0.2, 0.25) is 0 Å². The van der Waals surface area contributed by atoms with Crippen LogP contribution in [0.15, 0.2) is 34.7 Å². The van der Waals surface area contributed by atoms with Crippen LogP contribution in [0, 0.1) is 0 Å². The van der Waals surface area contributed by atoms with Gasteiger partial charge in [-0.25, -0.2) is 0 Å². The zero-order valence-electron chi connectivity index (χ0n) is 12.8. The number of para-hydroxylation sites is 1. The van der Waals surface area contributed by atoms with E-state index >= 15 is 0 Å². The molecule has 1 saturated heterocycles. The number of rotatable bonds is 6. The van der Waals surface area contributed by atoms with Crippen molar-refractivity contribution in [3.8, 4) is 0 Å². The third kappa shape index (κ3) is 3.28. The standard InChI is InChI=1S/C17H25N3O/c1-19(10-11-20-8-4-5-9-20)15(13-18)17-12-14-6-2-3-7-16(14)21-17/h2-3,6-7,12,15H,4-5,8-11,13,18H2,1H3. The number of hydrogen-bond acceptors (Lipinski definition) is 4. The zero-order chi connectivity index (χ0) is 14.7. The van der Waals surface area contributed by atoms with Gasteiger partial charge in [0.05, 0.1) is 6.04 Å². The molecule has 4 nitrogen and oxygen atoms in total. The van der Waals surface area contributed by atoms with Crippen LogP contribution in [0.25, 0.3) is 11.0 Å². The van der Waals surface area contributed by atoms with Crippen molar-refractivity contribution in [2.75, 3.05) is 39.8 Å². The normalized spacial score (nSPS) is 17.9. The molecule has 0 aliphatic carbocycles. The van der Waals surface area contributed by atoms with E-state index in [1.807, 2.05) is 18.2 Å². The molecule has 1 unspecified atom stereocenters. The largest absolute Gasteiger partial charge is 0.459 e. The van der Waals surface area contributed by atoms with Crippen LogP contribution in [0.2, 0.25) is 0 Å². The summed E-state index contributed by atoms with van der Waals surface area (Å²) in [7, 11) is 2.14. The highest BCUT2D eigenvalue weighted by Gasteiger charge is 2.21. The minimum Gasteiger partial charge on any atom is -0.459 e. The minimum absolute atomic E-state index is 0.153. The van der Waals surface area contributed by atoms with Crippen LogP contribution in [0.3, 0.4) is 0 Å². The summed E-state index contributed by atoms with van der Waals surface area (Å²) in [5.41, 5.74) is 6.94. The maximum atomic E-state index is 6.00. The van der Waals surface area contributed by atoms with Crippen molar-refractivity contribution in [3.63, 3.8) is 0 Å². The van der Waals surface area contributed by atoms with E-state index in [2.05, 4.69) is 29.0 Å². The summed E-state index contributed by atoms with van der Waals surface area (Å²) < 4.78 is 5.98. The summed E-state index contributed by atoms with van der Waals surface area (Å²) in [5, 5.41) is 1.15. The van der Waals surface area contributed by atoms with Crippen LogP contribution in [0.1, 0.15) is 24.6 Å². The Kier molecular flexibility index (Phi) is 4.58. The van der Waals surface area contributed by atoms with Crippen LogP contribution in [0.4, 0.5) is 0 Å². The number of nitrogens with two attached hydrogens (primary N) is 1. The van der Waals surface area contributed by atoms with E-state index in [0.29, 0.717) is 6.54 Å².